The second-order valence-corrected chi connectivity index (χ2v) is 8.98. The first-order chi connectivity index (χ1) is 15.1. The number of carboxylic acids is 1. The summed E-state index contributed by atoms with van der Waals surface area (Å²) in [6.07, 6.45) is 29.0. The minimum absolute atomic E-state index is 0.0230. The van der Waals surface area contributed by atoms with Gasteiger partial charge in [-0.05, 0) is 19.3 Å². The van der Waals surface area contributed by atoms with Crippen molar-refractivity contribution in [2.45, 2.75) is 110 Å². The predicted octanol–water partition coefficient (Wildman–Crippen LogP) is 6.55. The number of aliphatic imine (C=N–C) groups is 1. The van der Waals surface area contributed by atoms with Gasteiger partial charge in [-0.3, -0.25) is 0 Å². The first kappa shape index (κ1) is 27.6. The van der Waals surface area contributed by atoms with Crippen molar-refractivity contribution >= 4 is 11.8 Å². The van der Waals surface area contributed by atoms with Gasteiger partial charge in [0.1, 0.15) is 12.7 Å². The molecule has 3 N–H and O–H groups in total. The molecule has 0 aromatic rings. The van der Waals surface area contributed by atoms with E-state index in [1.165, 1.54) is 83.5 Å². The highest BCUT2D eigenvalue weighted by Crippen LogP contribution is 2.20. The number of nitrogens with zero attached hydrogens (tertiary/aromatic N) is 2. The molecule has 1 heterocycles. The highest BCUT2D eigenvalue weighted by atomic mass is 16.4. The SMILES string of the molecule is CCCCCCCCCCCCCCC/C=C/CCC1=NC=C[N+]1(CCN)CC(=O)O. The molecule has 178 valence electrons. The van der Waals surface area contributed by atoms with E-state index in [0.717, 1.165) is 25.1 Å². The predicted molar refractivity (Wildman–Crippen MR) is 132 cm³/mol. The van der Waals surface area contributed by atoms with E-state index in [1.54, 1.807) is 6.20 Å². The minimum Gasteiger partial charge on any atom is -0.477 e. The summed E-state index contributed by atoms with van der Waals surface area (Å²) in [4.78, 5) is 15.7. The second-order valence-electron chi connectivity index (χ2n) is 8.98. The number of hydrogen-bond acceptors (Lipinski definition) is 3. The lowest BCUT2D eigenvalue weighted by atomic mass is 10.0. The van der Waals surface area contributed by atoms with Crippen molar-refractivity contribution < 1.29 is 14.4 Å². The first-order valence-electron chi connectivity index (χ1n) is 12.8. The Hall–Kier alpha value is -1.46. The zero-order chi connectivity index (χ0) is 22.6. The summed E-state index contributed by atoms with van der Waals surface area (Å²) in [5.41, 5.74) is 5.71. The lowest BCUT2D eigenvalue weighted by molar-refractivity contribution is -0.778. The number of allylic oxidation sites excluding steroid dienone is 2. The monoisotopic (exact) mass is 434 g/mol. The van der Waals surface area contributed by atoms with Crippen molar-refractivity contribution in [3.05, 3.63) is 24.6 Å². The second kappa shape index (κ2) is 18.1. The fraction of sp³-hybridized carbons (Fsp3) is 0.769. The molecule has 1 aliphatic rings. The maximum absolute atomic E-state index is 11.3. The number of unbranched alkanes of at least 4 members (excludes halogenated alkanes) is 13. The highest BCUT2D eigenvalue weighted by Gasteiger charge is 2.36. The van der Waals surface area contributed by atoms with Gasteiger partial charge >= 0.3 is 5.97 Å². The van der Waals surface area contributed by atoms with Crippen LogP contribution in [0.25, 0.3) is 0 Å². The summed E-state index contributed by atoms with van der Waals surface area (Å²) in [5, 5.41) is 9.24. The summed E-state index contributed by atoms with van der Waals surface area (Å²) < 4.78 is 0.276. The Morgan fingerprint density at radius 3 is 2.03 bits per heavy atom. The molecule has 0 bridgehead atoms. The maximum atomic E-state index is 11.3. The molecule has 0 saturated carbocycles. The summed E-state index contributed by atoms with van der Waals surface area (Å²) in [6.45, 7) is 3.34. The number of carbonyl (C=O) groups is 1. The lowest BCUT2D eigenvalue weighted by Gasteiger charge is -2.30. The molecule has 1 atom stereocenters. The van der Waals surface area contributed by atoms with Crippen LogP contribution in [0.4, 0.5) is 0 Å². The number of rotatable bonds is 21. The summed E-state index contributed by atoms with van der Waals surface area (Å²) >= 11 is 0. The van der Waals surface area contributed by atoms with Crippen molar-refractivity contribution in [2.75, 3.05) is 19.6 Å². The molecule has 0 aromatic heterocycles. The van der Waals surface area contributed by atoms with Crippen molar-refractivity contribution in [1.82, 2.24) is 0 Å². The third kappa shape index (κ3) is 12.9. The van der Waals surface area contributed by atoms with E-state index < -0.39 is 5.97 Å². The molecular formula is C26H48N3O2+. The van der Waals surface area contributed by atoms with E-state index in [1.807, 2.05) is 6.20 Å². The molecule has 0 amide bonds. The zero-order valence-electron chi connectivity index (χ0n) is 20.1. The Balaban J connectivity index is 1.99. The zero-order valence-corrected chi connectivity index (χ0v) is 20.1. The van der Waals surface area contributed by atoms with E-state index in [4.69, 9.17) is 5.73 Å². The van der Waals surface area contributed by atoms with Gasteiger partial charge in [0.15, 0.2) is 6.54 Å². The van der Waals surface area contributed by atoms with Gasteiger partial charge in [0.05, 0.1) is 6.20 Å². The average molecular weight is 435 g/mol. The van der Waals surface area contributed by atoms with Crippen molar-refractivity contribution in [2.24, 2.45) is 10.7 Å². The number of nitrogens with two attached hydrogens (primary N) is 1. The Morgan fingerprint density at radius 2 is 1.48 bits per heavy atom. The molecule has 0 aliphatic carbocycles. The third-order valence-corrected chi connectivity index (χ3v) is 6.21. The van der Waals surface area contributed by atoms with E-state index in [0.29, 0.717) is 13.1 Å². The van der Waals surface area contributed by atoms with Crippen LogP contribution in [0.3, 0.4) is 0 Å². The van der Waals surface area contributed by atoms with Gasteiger partial charge in [-0.15, -0.1) is 0 Å². The lowest BCUT2D eigenvalue weighted by Crippen LogP contribution is -2.52. The van der Waals surface area contributed by atoms with Gasteiger partial charge < -0.3 is 10.8 Å². The Labute approximate surface area is 191 Å². The van der Waals surface area contributed by atoms with Crippen LogP contribution in [-0.4, -0.2) is 41.0 Å². The van der Waals surface area contributed by atoms with E-state index in [9.17, 15) is 9.90 Å². The fourth-order valence-corrected chi connectivity index (χ4v) is 4.36. The van der Waals surface area contributed by atoms with Crippen molar-refractivity contribution in [3.63, 3.8) is 0 Å². The normalized spacial score (nSPS) is 18.2. The van der Waals surface area contributed by atoms with E-state index in [2.05, 4.69) is 24.1 Å². The largest absolute Gasteiger partial charge is 0.477 e. The topological polar surface area (TPSA) is 75.7 Å². The Bertz CT molecular complexity index is 557. The fourth-order valence-electron chi connectivity index (χ4n) is 4.36. The van der Waals surface area contributed by atoms with Gasteiger partial charge in [-0.2, -0.15) is 0 Å². The van der Waals surface area contributed by atoms with Crippen LogP contribution in [0.5, 0.6) is 0 Å². The number of hydrogen-bond donors (Lipinski definition) is 2. The smallest absolute Gasteiger partial charge is 0.360 e. The molecular weight excluding hydrogens is 386 g/mol. The van der Waals surface area contributed by atoms with Crippen LogP contribution in [0.2, 0.25) is 0 Å². The third-order valence-electron chi connectivity index (χ3n) is 6.21. The van der Waals surface area contributed by atoms with Crippen molar-refractivity contribution in [3.8, 4) is 0 Å². The molecule has 0 spiro atoms. The molecule has 5 nitrogen and oxygen atoms in total. The van der Waals surface area contributed by atoms with Gasteiger partial charge in [0.25, 0.3) is 0 Å². The van der Waals surface area contributed by atoms with Crippen LogP contribution in [0, 0.1) is 0 Å². The Kier molecular flexibility index (Phi) is 16.1. The van der Waals surface area contributed by atoms with E-state index in [-0.39, 0.29) is 11.0 Å². The van der Waals surface area contributed by atoms with Gasteiger partial charge in [-0.1, -0.05) is 96.1 Å². The standard InChI is InChI=1S/C26H47N3O2/c1-2-3-4-5-6-7-8-9-10-11-12-13-14-15-16-17-18-19-25-28-21-23-29(25,22-20-27)24-26(30)31/h16-17,21,23H,2-15,18-20,22,24,27H2,1H3/p+1/b17-16+. The van der Waals surface area contributed by atoms with Crippen LogP contribution in [0.1, 0.15) is 110 Å². The molecule has 0 aromatic carbocycles. The van der Waals surface area contributed by atoms with E-state index >= 15 is 0 Å². The average Bonchev–Trinajstić information content (AvgIpc) is 3.11. The van der Waals surface area contributed by atoms with Gasteiger partial charge in [-0.25, -0.2) is 14.3 Å². The van der Waals surface area contributed by atoms with Gasteiger partial charge in [0.2, 0.25) is 5.84 Å². The van der Waals surface area contributed by atoms with Gasteiger partial charge in [0, 0.05) is 13.0 Å². The van der Waals surface area contributed by atoms with Crippen molar-refractivity contribution in [1.29, 1.82) is 0 Å². The molecule has 1 aliphatic heterocycles. The highest BCUT2D eigenvalue weighted by molar-refractivity contribution is 5.81. The molecule has 0 radical (unpaired) electrons. The minimum atomic E-state index is -0.814. The van der Waals surface area contributed by atoms with Crippen LogP contribution >= 0.6 is 0 Å². The quantitative estimate of drug-likeness (QED) is 0.122. The first-order valence-corrected chi connectivity index (χ1v) is 12.8. The number of amidine groups is 1. The van der Waals surface area contributed by atoms with Crippen LogP contribution < -0.4 is 5.73 Å². The molecule has 5 heteroatoms. The number of carboxylic acid groups (broad SMARTS) is 1. The van der Waals surface area contributed by atoms with Crippen LogP contribution in [-0.2, 0) is 4.79 Å². The summed E-state index contributed by atoms with van der Waals surface area (Å²) in [7, 11) is 0. The molecule has 31 heavy (non-hydrogen) atoms. The molecule has 0 saturated heterocycles. The number of aliphatic carboxylic acids is 1. The Morgan fingerprint density at radius 1 is 0.935 bits per heavy atom. The number of quaternary nitrogens is 1. The molecule has 0 fully saturated rings. The summed E-state index contributed by atoms with van der Waals surface area (Å²) in [5.74, 6) is 0.101. The molecule has 1 unspecified atom stereocenters. The maximum Gasteiger partial charge on any atom is 0.360 e. The van der Waals surface area contributed by atoms with Crippen LogP contribution in [0.15, 0.2) is 29.5 Å². The summed E-state index contributed by atoms with van der Waals surface area (Å²) in [6, 6.07) is 0. The molecule has 1 rings (SSSR count).